The van der Waals surface area contributed by atoms with E-state index >= 15 is 0 Å². The number of aliphatic hydroxyl groups is 1. The molecular weight excluding hydrogens is 314 g/mol. The fourth-order valence-electron chi connectivity index (χ4n) is 2.02. The molecule has 1 nitrogen and oxygen atoms in total. The Kier molecular flexibility index (Phi) is 4.02. The molecule has 1 unspecified atom stereocenters. The summed E-state index contributed by atoms with van der Waals surface area (Å²) in [4.78, 5) is 0. The maximum atomic E-state index is 14.0. The lowest BCUT2D eigenvalue weighted by atomic mass is 9.97. The summed E-state index contributed by atoms with van der Waals surface area (Å²) in [5, 5.41) is 10.2. The van der Waals surface area contributed by atoms with Gasteiger partial charge in [-0.2, -0.15) is 0 Å². The second-order valence-electron chi connectivity index (χ2n) is 4.56. The zero-order valence-electron chi connectivity index (χ0n) is 10.5. The van der Waals surface area contributed by atoms with Gasteiger partial charge in [-0.1, -0.05) is 28.1 Å². The summed E-state index contributed by atoms with van der Waals surface area (Å²) in [5.74, 6) is -1.45. The number of benzene rings is 2. The van der Waals surface area contributed by atoms with Crippen LogP contribution < -0.4 is 0 Å². The zero-order chi connectivity index (χ0) is 14.2. The first-order valence-electron chi connectivity index (χ1n) is 5.80. The first-order chi connectivity index (χ1) is 8.90. The van der Waals surface area contributed by atoms with Crippen molar-refractivity contribution in [2.45, 2.75) is 20.0 Å². The van der Waals surface area contributed by atoms with Crippen molar-refractivity contribution in [1.29, 1.82) is 0 Å². The molecule has 2 rings (SSSR count). The Hall–Kier alpha value is -1.26. The van der Waals surface area contributed by atoms with Crippen molar-refractivity contribution in [1.82, 2.24) is 0 Å². The second-order valence-corrected chi connectivity index (χ2v) is 5.47. The third-order valence-corrected chi connectivity index (χ3v) is 3.43. The lowest BCUT2D eigenvalue weighted by Crippen LogP contribution is -2.07. The highest BCUT2D eigenvalue weighted by Gasteiger charge is 2.21. The molecule has 19 heavy (non-hydrogen) atoms. The molecule has 1 N–H and O–H groups in total. The maximum Gasteiger partial charge on any atom is 0.135 e. The Morgan fingerprint density at radius 1 is 1.11 bits per heavy atom. The average Bonchev–Trinajstić information content (AvgIpc) is 2.33. The summed E-state index contributed by atoms with van der Waals surface area (Å²) >= 11 is 3.31. The van der Waals surface area contributed by atoms with Gasteiger partial charge in [0.25, 0.3) is 0 Å². The van der Waals surface area contributed by atoms with Gasteiger partial charge in [0.2, 0.25) is 0 Å². The quantitative estimate of drug-likeness (QED) is 0.865. The molecule has 0 amide bonds. The highest BCUT2D eigenvalue weighted by molar-refractivity contribution is 9.10. The Labute approximate surface area is 119 Å². The third-order valence-electron chi connectivity index (χ3n) is 2.97. The summed E-state index contributed by atoms with van der Waals surface area (Å²) in [6.45, 7) is 3.39. The molecule has 0 radical (unpaired) electrons. The summed E-state index contributed by atoms with van der Waals surface area (Å²) in [6, 6.07) is 7.74. The summed E-state index contributed by atoms with van der Waals surface area (Å²) in [5.41, 5.74) is 1.35. The molecule has 0 spiro atoms. The molecule has 0 bridgehead atoms. The average molecular weight is 327 g/mol. The minimum Gasteiger partial charge on any atom is -0.383 e. The molecule has 0 saturated carbocycles. The van der Waals surface area contributed by atoms with E-state index in [9.17, 15) is 13.9 Å². The standard InChI is InChI=1S/C15H13BrF2O/c1-8-5-10(7-11(16)6-8)15(19)13-12(17)4-3-9(2)14(13)18/h3-7,15,19H,1-2H3. The summed E-state index contributed by atoms with van der Waals surface area (Å²) in [7, 11) is 0. The van der Waals surface area contributed by atoms with Gasteiger partial charge in [0, 0.05) is 4.47 Å². The monoisotopic (exact) mass is 326 g/mol. The molecule has 0 aromatic heterocycles. The minimum atomic E-state index is -1.32. The van der Waals surface area contributed by atoms with Crippen LogP contribution in [0.25, 0.3) is 0 Å². The lowest BCUT2D eigenvalue weighted by molar-refractivity contribution is 0.208. The number of halogens is 3. The van der Waals surface area contributed by atoms with E-state index in [-0.39, 0.29) is 5.56 Å². The third kappa shape index (κ3) is 2.85. The largest absolute Gasteiger partial charge is 0.383 e. The Morgan fingerprint density at radius 2 is 1.79 bits per heavy atom. The van der Waals surface area contributed by atoms with Gasteiger partial charge in [-0.3, -0.25) is 0 Å². The van der Waals surface area contributed by atoms with Crippen molar-refractivity contribution in [3.05, 3.63) is 68.7 Å². The molecular formula is C15H13BrF2O. The van der Waals surface area contributed by atoms with Crippen molar-refractivity contribution in [2.24, 2.45) is 0 Å². The summed E-state index contributed by atoms with van der Waals surface area (Å²) in [6.07, 6.45) is -1.32. The molecule has 0 aliphatic carbocycles. The van der Waals surface area contributed by atoms with Crippen molar-refractivity contribution < 1.29 is 13.9 Å². The van der Waals surface area contributed by atoms with Gasteiger partial charge in [0.15, 0.2) is 0 Å². The van der Waals surface area contributed by atoms with Gasteiger partial charge >= 0.3 is 0 Å². The van der Waals surface area contributed by atoms with Crippen molar-refractivity contribution in [3.8, 4) is 0 Å². The number of rotatable bonds is 2. The number of aliphatic hydroxyl groups excluding tert-OH is 1. The molecule has 2 aromatic rings. The Balaban J connectivity index is 2.55. The topological polar surface area (TPSA) is 20.2 Å². The van der Waals surface area contributed by atoms with Crippen molar-refractivity contribution in [3.63, 3.8) is 0 Å². The molecule has 2 aromatic carbocycles. The number of hydrogen-bond acceptors (Lipinski definition) is 1. The van der Waals surface area contributed by atoms with E-state index < -0.39 is 17.7 Å². The fraction of sp³-hybridized carbons (Fsp3) is 0.200. The number of aryl methyl sites for hydroxylation is 2. The van der Waals surface area contributed by atoms with Gasteiger partial charge in [0.05, 0.1) is 5.56 Å². The molecule has 0 saturated heterocycles. The van der Waals surface area contributed by atoms with Crippen LogP contribution in [0.4, 0.5) is 8.78 Å². The van der Waals surface area contributed by atoms with Crippen LogP contribution in [0.5, 0.6) is 0 Å². The molecule has 0 heterocycles. The van der Waals surface area contributed by atoms with E-state index in [1.807, 2.05) is 13.0 Å². The van der Waals surface area contributed by atoms with E-state index in [0.717, 1.165) is 10.0 Å². The first-order valence-corrected chi connectivity index (χ1v) is 6.59. The van der Waals surface area contributed by atoms with Gasteiger partial charge < -0.3 is 5.11 Å². The van der Waals surface area contributed by atoms with Gasteiger partial charge in [-0.15, -0.1) is 0 Å². The second kappa shape index (κ2) is 5.39. The van der Waals surface area contributed by atoms with Crippen molar-refractivity contribution >= 4 is 15.9 Å². The normalized spacial score (nSPS) is 12.5. The minimum absolute atomic E-state index is 0.308. The molecule has 1 atom stereocenters. The van der Waals surface area contributed by atoms with Crippen LogP contribution in [0.15, 0.2) is 34.8 Å². The van der Waals surface area contributed by atoms with E-state index in [1.54, 1.807) is 12.1 Å². The first kappa shape index (κ1) is 14.2. The molecule has 100 valence electrons. The van der Waals surface area contributed by atoms with Crippen LogP contribution in [-0.2, 0) is 0 Å². The van der Waals surface area contributed by atoms with Crippen LogP contribution in [-0.4, -0.2) is 5.11 Å². The highest BCUT2D eigenvalue weighted by Crippen LogP contribution is 2.30. The highest BCUT2D eigenvalue weighted by atomic mass is 79.9. The summed E-state index contributed by atoms with van der Waals surface area (Å²) < 4.78 is 28.5. The molecule has 0 aliphatic heterocycles. The molecule has 0 fully saturated rings. The van der Waals surface area contributed by atoms with Crippen molar-refractivity contribution in [2.75, 3.05) is 0 Å². The predicted octanol–water partition coefficient (Wildman–Crippen LogP) is 4.43. The van der Waals surface area contributed by atoms with Crippen LogP contribution in [0, 0.1) is 25.5 Å². The van der Waals surface area contributed by atoms with Gasteiger partial charge in [-0.25, -0.2) is 8.78 Å². The zero-order valence-corrected chi connectivity index (χ0v) is 12.1. The maximum absolute atomic E-state index is 14.0. The van der Waals surface area contributed by atoms with E-state index in [2.05, 4.69) is 15.9 Å². The van der Waals surface area contributed by atoms with Crippen LogP contribution in [0.1, 0.15) is 28.4 Å². The number of hydrogen-bond donors (Lipinski definition) is 1. The molecule has 0 aliphatic rings. The van der Waals surface area contributed by atoms with Crippen LogP contribution in [0.3, 0.4) is 0 Å². The Morgan fingerprint density at radius 3 is 2.42 bits per heavy atom. The van der Waals surface area contributed by atoms with Crippen LogP contribution >= 0.6 is 15.9 Å². The van der Waals surface area contributed by atoms with Gasteiger partial charge in [-0.05, 0) is 48.7 Å². The lowest BCUT2D eigenvalue weighted by Gasteiger charge is -2.15. The van der Waals surface area contributed by atoms with E-state index in [1.165, 1.54) is 19.1 Å². The van der Waals surface area contributed by atoms with E-state index in [4.69, 9.17) is 0 Å². The van der Waals surface area contributed by atoms with Gasteiger partial charge in [0.1, 0.15) is 17.7 Å². The fourth-order valence-corrected chi connectivity index (χ4v) is 2.64. The van der Waals surface area contributed by atoms with Crippen LogP contribution in [0.2, 0.25) is 0 Å². The predicted molar refractivity (Wildman–Crippen MR) is 74.0 cm³/mol. The smallest absolute Gasteiger partial charge is 0.135 e. The van der Waals surface area contributed by atoms with E-state index in [0.29, 0.717) is 11.1 Å². The Bertz CT molecular complexity index is 606. The molecule has 4 heteroatoms. The SMILES string of the molecule is Cc1cc(Br)cc(C(O)c2c(F)ccc(C)c2F)c1.